The van der Waals surface area contributed by atoms with Gasteiger partial charge in [-0.2, -0.15) is 0 Å². The molecular formula is C28H43N3O6. The quantitative estimate of drug-likeness (QED) is 0.354. The van der Waals surface area contributed by atoms with Crippen molar-refractivity contribution in [2.75, 3.05) is 6.54 Å². The van der Waals surface area contributed by atoms with Gasteiger partial charge in [-0.05, 0) is 63.9 Å². The summed E-state index contributed by atoms with van der Waals surface area (Å²) in [6.07, 6.45) is 3.14. The average molecular weight is 518 g/mol. The van der Waals surface area contributed by atoms with Crippen molar-refractivity contribution in [2.24, 2.45) is 17.8 Å². The van der Waals surface area contributed by atoms with Gasteiger partial charge in [0.15, 0.2) is 0 Å². The van der Waals surface area contributed by atoms with E-state index in [9.17, 15) is 24.3 Å². The minimum atomic E-state index is -1.01. The number of amides is 3. The lowest BCUT2D eigenvalue weighted by Gasteiger charge is -2.30. The molecule has 3 atom stereocenters. The van der Waals surface area contributed by atoms with Crippen LogP contribution in [-0.4, -0.2) is 53.2 Å². The second kappa shape index (κ2) is 14.0. The lowest BCUT2D eigenvalue weighted by atomic mass is 9.81. The van der Waals surface area contributed by atoms with E-state index < -0.39 is 29.7 Å². The van der Waals surface area contributed by atoms with Crippen LogP contribution >= 0.6 is 0 Å². The predicted molar refractivity (Wildman–Crippen MR) is 141 cm³/mol. The summed E-state index contributed by atoms with van der Waals surface area (Å²) in [5, 5.41) is 17.8. The highest BCUT2D eigenvalue weighted by Gasteiger charge is 2.32. The molecule has 0 spiro atoms. The third-order valence-corrected chi connectivity index (χ3v) is 6.85. The van der Waals surface area contributed by atoms with Crippen molar-refractivity contribution in [1.29, 1.82) is 0 Å². The van der Waals surface area contributed by atoms with E-state index in [1.807, 2.05) is 44.2 Å². The van der Waals surface area contributed by atoms with E-state index >= 15 is 0 Å². The highest BCUT2D eigenvalue weighted by molar-refractivity contribution is 5.86. The zero-order valence-electron chi connectivity index (χ0n) is 22.7. The first-order valence-corrected chi connectivity index (χ1v) is 13.2. The maximum atomic E-state index is 13.0. The van der Waals surface area contributed by atoms with Crippen LogP contribution in [0.25, 0.3) is 0 Å². The van der Waals surface area contributed by atoms with Gasteiger partial charge in [-0.15, -0.1) is 0 Å². The lowest BCUT2D eigenvalue weighted by Crippen LogP contribution is -2.50. The summed E-state index contributed by atoms with van der Waals surface area (Å²) in [6.45, 7) is 9.46. The largest absolute Gasteiger partial charge is 0.480 e. The molecule has 1 aliphatic rings. The number of carboxylic acids is 1. The molecule has 0 saturated heterocycles. The van der Waals surface area contributed by atoms with E-state index in [4.69, 9.17) is 4.74 Å². The van der Waals surface area contributed by atoms with Crippen LogP contribution in [0.4, 0.5) is 4.79 Å². The van der Waals surface area contributed by atoms with Gasteiger partial charge >= 0.3 is 12.1 Å². The fraction of sp³-hybridized carbons (Fsp3) is 0.643. The third-order valence-electron chi connectivity index (χ3n) is 6.85. The van der Waals surface area contributed by atoms with Crippen molar-refractivity contribution in [3.63, 3.8) is 0 Å². The Bertz CT molecular complexity index is 906. The van der Waals surface area contributed by atoms with Gasteiger partial charge in [0.05, 0.1) is 0 Å². The van der Waals surface area contributed by atoms with Crippen LogP contribution in [0.2, 0.25) is 0 Å². The highest BCUT2D eigenvalue weighted by Crippen LogP contribution is 2.29. The molecule has 1 saturated carbocycles. The van der Waals surface area contributed by atoms with Crippen LogP contribution in [0.5, 0.6) is 0 Å². The van der Waals surface area contributed by atoms with E-state index in [-0.39, 0.29) is 29.6 Å². The minimum absolute atomic E-state index is 0.147. The Hall–Kier alpha value is -3.10. The first-order valence-electron chi connectivity index (χ1n) is 13.2. The zero-order valence-corrected chi connectivity index (χ0v) is 22.7. The minimum Gasteiger partial charge on any atom is -0.480 e. The fourth-order valence-corrected chi connectivity index (χ4v) is 4.46. The topological polar surface area (TPSA) is 134 Å². The summed E-state index contributed by atoms with van der Waals surface area (Å²) in [7, 11) is 0. The molecule has 0 heterocycles. The van der Waals surface area contributed by atoms with Crippen molar-refractivity contribution in [3.8, 4) is 0 Å². The van der Waals surface area contributed by atoms with Crippen LogP contribution in [0.15, 0.2) is 30.3 Å². The van der Waals surface area contributed by atoms with Crippen molar-refractivity contribution in [3.05, 3.63) is 35.9 Å². The molecule has 0 aromatic heterocycles. The van der Waals surface area contributed by atoms with E-state index in [0.29, 0.717) is 32.2 Å². The number of rotatable bonds is 11. The Kier molecular flexibility index (Phi) is 11.4. The Morgan fingerprint density at radius 2 is 1.65 bits per heavy atom. The molecule has 9 heteroatoms. The summed E-state index contributed by atoms with van der Waals surface area (Å²) in [5.41, 5.74) is 0.240. The van der Waals surface area contributed by atoms with E-state index in [1.165, 1.54) is 0 Å². The van der Waals surface area contributed by atoms with Gasteiger partial charge in [0.1, 0.15) is 17.7 Å². The molecule has 9 nitrogen and oxygen atoms in total. The molecule has 1 aliphatic carbocycles. The number of aliphatic carboxylic acids is 1. The molecule has 0 radical (unpaired) electrons. The predicted octanol–water partition coefficient (Wildman–Crippen LogP) is 3.66. The summed E-state index contributed by atoms with van der Waals surface area (Å²) in [5.74, 6) is -1.67. The molecule has 3 unspecified atom stereocenters. The number of benzene rings is 1. The molecular weight excluding hydrogens is 474 g/mol. The number of carboxylic acid groups (broad SMARTS) is 1. The molecule has 1 aromatic carbocycles. The van der Waals surface area contributed by atoms with Gasteiger partial charge in [0.2, 0.25) is 11.8 Å². The summed E-state index contributed by atoms with van der Waals surface area (Å²) in [4.78, 5) is 49.6. The molecule has 4 N–H and O–H groups in total. The van der Waals surface area contributed by atoms with Gasteiger partial charge in [0.25, 0.3) is 0 Å². The lowest BCUT2D eigenvalue weighted by molar-refractivity contribution is -0.144. The Morgan fingerprint density at radius 1 is 1.03 bits per heavy atom. The first kappa shape index (κ1) is 30.1. The maximum Gasteiger partial charge on any atom is 0.408 e. The van der Waals surface area contributed by atoms with Crippen LogP contribution < -0.4 is 16.0 Å². The summed E-state index contributed by atoms with van der Waals surface area (Å²) < 4.78 is 5.34. The maximum absolute atomic E-state index is 13.0. The Balaban J connectivity index is 1.89. The molecule has 206 valence electrons. The number of hydrogen-bond donors (Lipinski definition) is 4. The number of alkyl carbamates (subject to hydrolysis) is 1. The fourth-order valence-electron chi connectivity index (χ4n) is 4.46. The average Bonchev–Trinajstić information content (AvgIpc) is 2.84. The molecule has 1 fully saturated rings. The van der Waals surface area contributed by atoms with Crippen LogP contribution in [-0.2, 0) is 25.5 Å². The summed E-state index contributed by atoms with van der Waals surface area (Å²) in [6, 6.07) is 7.80. The van der Waals surface area contributed by atoms with Crippen molar-refractivity contribution in [1.82, 2.24) is 16.0 Å². The molecule has 1 aromatic rings. The second-order valence-electron chi connectivity index (χ2n) is 11.1. The molecule has 3 amide bonds. The van der Waals surface area contributed by atoms with Crippen LogP contribution in [0.3, 0.4) is 0 Å². The van der Waals surface area contributed by atoms with Crippen molar-refractivity contribution >= 4 is 23.9 Å². The summed E-state index contributed by atoms with van der Waals surface area (Å²) >= 11 is 0. The number of nitrogens with one attached hydrogen (secondary N) is 3. The van der Waals surface area contributed by atoms with Gasteiger partial charge in [-0.1, -0.05) is 50.6 Å². The Morgan fingerprint density at radius 3 is 2.19 bits per heavy atom. The van der Waals surface area contributed by atoms with Gasteiger partial charge in [-0.3, -0.25) is 9.59 Å². The third kappa shape index (κ3) is 10.4. The smallest absolute Gasteiger partial charge is 0.408 e. The van der Waals surface area contributed by atoms with Crippen LogP contribution in [0, 0.1) is 17.8 Å². The van der Waals surface area contributed by atoms with E-state index in [0.717, 1.165) is 18.4 Å². The number of hydrogen-bond acceptors (Lipinski definition) is 5. The monoisotopic (exact) mass is 517 g/mol. The highest BCUT2D eigenvalue weighted by atomic mass is 16.6. The molecule has 0 aliphatic heterocycles. The first-order chi connectivity index (χ1) is 17.4. The second-order valence-corrected chi connectivity index (χ2v) is 11.1. The zero-order chi connectivity index (χ0) is 27.6. The van der Waals surface area contributed by atoms with E-state index in [1.54, 1.807) is 20.8 Å². The van der Waals surface area contributed by atoms with Gasteiger partial charge in [-0.25, -0.2) is 9.59 Å². The van der Waals surface area contributed by atoms with Gasteiger partial charge in [0, 0.05) is 18.9 Å². The number of ether oxygens (including phenoxy) is 1. The van der Waals surface area contributed by atoms with Crippen molar-refractivity contribution < 1.29 is 29.0 Å². The molecule has 2 rings (SSSR count). The standard InChI is InChI=1S/C28H43N3O6/c1-6-18(2)23(26(34)35)31-24(32)21-14-12-20(13-15-21)17-29-25(33)22(16-19-10-8-7-9-11-19)30-27(36)37-28(3,4)5/h7-11,18,20-23H,6,12-17H2,1-5H3,(H,29,33)(H,30,36)(H,31,32)(H,34,35). The number of carbonyl (C=O) groups excluding carboxylic acids is 3. The van der Waals surface area contributed by atoms with E-state index in [2.05, 4.69) is 16.0 Å². The normalized spacial score (nSPS) is 20.1. The van der Waals surface area contributed by atoms with Gasteiger partial charge < -0.3 is 25.8 Å². The molecule has 37 heavy (non-hydrogen) atoms. The van der Waals surface area contributed by atoms with Crippen molar-refractivity contribution in [2.45, 2.75) is 90.8 Å². The number of carbonyl (C=O) groups is 4. The Labute approximate surface area is 220 Å². The molecule has 0 bridgehead atoms. The SMILES string of the molecule is CCC(C)C(NC(=O)C1CCC(CNC(=O)C(Cc2ccccc2)NC(=O)OC(C)(C)C)CC1)C(=O)O. The van der Waals surface area contributed by atoms with Crippen LogP contribution in [0.1, 0.15) is 72.3 Å².